The maximum atomic E-state index is 13.0. The van der Waals surface area contributed by atoms with Crippen LogP contribution in [0.15, 0.2) is 48.5 Å². The van der Waals surface area contributed by atoms with E-state index in [0.717, 1.165) is 32.5 Å². The molecule has 1 saturated heterocycles. The van der Waals surface area contributed by atoms with E-state index >= 15 is 0 Å². The third kappa shape index (κ3) is 4.00. The lowest BCUT2D eigenvalue weighted by molar-refractivity contribution is 0.0626. The molecule has 2 aliphatic heterocycles. The van der Waals surface area contributed by atoms with Crippen LogP contribution in [-0.2, 0) is 6.54 Å². The summed E-state index contributed by atoms with van der Waals surface area (Å²) < 4.78 is 0. The smallest absolute Gasteiger partial charge is 0.261 e. The summed E-state index contributed by atoms with van der Waals surface area (Å²) in [7, 11) is 0. The molecule has 0 N–H and O–H groups in total. The molecule has 156 valence electrons. The van der Waals surface area contributed by atoms with E-state index in [1.807, 2.05) is 30.0 Å². The zero-order valence-electron chi connectivity index (χ0n) is 17.3. The Labute approximate surface area is 177 Å². The van der Waals surface area contributed by atoms with Gasteiger partial charge in [-0.25, -0.2) is 0 Å². The fourth-order valence-electron chi connectivity index (χ4n) is 4.08. The van der Waals surface area contributed by atoms with Crippen molar-refractivity contribution in [1.82, 2.24) is 14.7 Å². The second kappa shape index (κ2) is 8.79. The van der Waals surface area contributed by atoms with E-state index in [9.17, 15) is 14.4 Å². The van der Waals surface area contributed by atoms with Crippen molar-refractivity contribution in [3.05, 3.63) is 70.8 Å². The summed E-state index contributed by atoms with van der Waals surface area (Å²) >= 11 is 0. The highest BCUT2D eigenvalue weighted by molar-refractivity contribution is 6.22. The quantitative estimate of drug-likeness (QED) is 0.693. The lowest BCUT2D eigenvalue weighted by atomic mass is 10.0. The predicted molar refractivity (Wildman–Crippen MR) is 114 cm³/mol. The molecule has 6 nitrogen and oxygen atoms in total. The first-order chi connectivity index (χ1) is 14.6. The van der Waals surface area contributed by atoms with Gasteiger partial charge in [0.05, 0.1) is 11.1 Å². The lowest BCUT2D eigenvalue weighted by Crippen LogP contribution is -2.48. The highest BCUT2D eigenvalue weighted by Gasteiger charge is 2.36. The molecule has 2 heterocycles. The number of piperazine rings is 1. The molecule has 0 aromatic heterocycles. The van der Waals surface area contributed by atoms with Gasteiger partial charge < -0.3 is 4.90 Å². The molecule has 30 heavy (non-hydrogen) atoms. The van der Waals surface area contributed by atoms with Crippen LogP contribution in [0.25, 0.3) is 0 Å². The van der Waals surface area contributed by atoms with Crippen LogP contribution in [0, 0.1) is 0 Å². The van der Waals surface area contributed by atoms with Crippen LogP contribution in [0.1, 0.15) is 56.4 Å². The Bertz CT molecular complexity index is 949. The Morgan fingerprint density at radius 3 is 2.30 bits per heavy atom. The topological polar surface area (TPSA) is 60.9 Å². The molecule has 4 rings (SSSR count). The number of amides is 3. The number of benzene rings is 2. The monoisotopic (exact) mass is 405 g/mol. The molecule has 2 aromatic carbocycles. The van der Waals surface area contributed by atoms with Gasteiger partial charge in [0.25, 0.3) is 17.7 Å². The maximum absolute atomic E-state index is 13.0. The zero-order chi connectivity index (χ0) is 21.1. The highest BCUT2D eigenvalue weighted by atomic mass is 16.2. The lowest BCUT2D eigenvalue weighted by Gasteiger charge is -2.34. The van der Waals surface area contributed by atoms with Gasteiger partial charge in [-0.3, -0.25) is 24.2 Å². The molecule has 0 unspecified atom stereocenters. The van der Waals surface area contributed by atoms with Crippen molar-refractivity contribution < 1.29 is 14.4 Å². The minimum Gasteiger partial charge on any atom is -0.336 e. The molecule has 6 heteroatoms. The van der Waals surface area contributed by atoms with E-state index in [0.29, 0.717) is 36.3 Å². The van der Waals surface area contributed by atoms with Gasteiger partial charge in [0.2, 0.25) is 0 Å². The van der Waals surface area contributed by atoms with Crippen molar-refractivity contribution in [1.29, 1.82) is 0 Å². The van der Waals surface area contributed by atoms with Gasteiger partial charge in [-0.05, 0) is 30.2 Å². The average molecular weight is 405 g/mol. The van der Waals surface area contributed by atoms with Crippen molar-refractivity contribution in [3.8, 4) is 0 Å². The number of unbranched alkanes of at least 4 members (excludes halogenated alkanes) is 1. The predicted octanol–water partition coefficient (Wildman–Crippen LogP) is 3.04. The standard InChI is InChI=1S/C24H27N3O3/c1-2-3-11-27-23(29)20-10-9-19(16-21(20)24(27)30)22(28)26-14-12-25(13-15-26)17-18-7-5-4-6-8-18/h4-10,16H,2-3,11-15,17H2,1H3. The van der Waals surface area contributed by atoms with E-state index in [1.54, 1.807) is 18.2 Å². The summed E-state index contributed by atoms with van der Waals surface area (Å²) in [6.07, 6.45) is 1.69. The maximum Gasteiger partial charge on any atom is 0.261 e. The molecule has 2 aliphatic rings. The molecule has 2 aromatic rings. The van der Waals surface area contributed by atoms with Gasteiger partial charge in [0, 0.05) is 44.8 Å². The van der Waals surface area contributed by atoms with Gasteiger partial charge in [-0.2, -0.15) is 0 Å². The second-order valence-electron chi connectivity index (χ2n) is 7.93. The zero-order valence-corrected chi connectivity index (χ0v) is 17.3. The third-order valence-corrected chi connectivity index (χ3v) is 5.86. The van der Waals surface area contributed by atoms with Gasteiger partial charge in [0.15, 0.2) is 0 Å². The summed E-state index contributed by atoms with van der Waals surface area (Å²) in [5.41, 5.74) is 2.50. The van der Waals surface area contributed by atoms with Crippen molar-refractivity contribution in [2.24, 2.45) is 0 Å². The van der Waals surface area contributed by atoms with Crippen LogP contribution >= 0.6 is 0 Å². The van der Waals surface area contributed by atoms with Gasteiger partial charge >= 0.3 is 0 Å². The SMILES string of the molecule is CCCCN1C(=O)c2ccc(C(=O)N3CCN(Cc4ccccc4)CC3)cc2C1=O. The van der Waals surface area contributed by atoms with Crippen molar-refractivity contribution in [3.63, 3.8) is 0 Å². The average Bonchev–Trinajstić information content (AvgIpc) is 3.02. The van der Waals surface area contributed by atoms with E-state index in [2.05, 4.69) is 17.0 Å². The van der Waals surface area contributed by atoms with Gasteiger partial charge in [0.1, 0.15) is 0 Å². The number of carbonyl (C=O) groups is 3. The Kier molecular flexibility index (Phi) is 5.95. The minimum absolute atomic E-state index is 0.0792. The highest BCUT2D eigenvalue weighted by Crippen LogP contribution is 2.25. The number of imide groups is 1. The Balaban J connectivity index is 1.40. The van der Waals surface area contributed by atoms with Gasteiger partial charge in [-0.1, -0.05) is 43.7 Å². The Hall–Kier alpha value is -2.99. The minimum atomic E-state index is -0.286. The first-order valence-electron chi connectivity index (χ1n) is 10.6. The number of hydrogen-bond acceptors (Lipinski definition) is 4. The summed E-state index contributed by atoms with van der Waals surface area (Å²) in [6.45, 7) is 6.26. The van der Waals surface area contributed by atoms with E-state index in [-0.39, 0.29) is 17.7 Å². The van der Waals surface area contributed by atoms with Crippen LogP contribution < -0.4 is 0 Å². The summed E-state index contributed by atoms with van der Waals surface area (Å²) in [5.74, 6) is -0.618. The molecule has 0 bridgehead atoms. The third-order valence-electron chi connectivity index (χ3n) is 5.86. The normalized spacial score (nSPS) is 16.8. The number of hydrogen-bond donors (Lipinski definition) is 0. The summed E-state index contributed by atoms with van der Waals surface area (Å²) in [4.78, 5) is 43.6. The number of carbonyl (C=O) groups excluding carboxylic acids is 3. The number of nitrogens with zero attached hydrogens (tertiary/aromatic N) is 3. The first kappa shape index (κ1) is 20.3. The largest absolute Gasteiger partial charge is 0.336 e. The van der Waals surface area contributed by atoms with Crippen molar-refractivity contribution >= 4 is 17.7 Å². The second-order valence-corrected chi connectivity index (χ2v) is 7.93. The first-order valence-corrected chi connectivity index (χ1v) is 10.6. The Morgan fingerprint density at radius 2 is 1.60 bits per heavy atom. The number of rotatable bonds is 6. The van der Waals surface area contributed by atoms with Crippen molar-refractivity contribution in [2.45, 2.75) is 26.3 Å². The molecule has 0 aliphatic carbocycles. The van der Waals surface area contributed by atoms with Crippen LogP contribution in [-0.4, -0.2) is 65.1 Å². The fourth-order valence-corrected chi connectivity index (χ4v) is 4.08. The van der Waals surface area contributed by atoms with Gasteiger partial charge in [-0.15, -0.1) is 0 Å². The van der Waals surface area contributed by atoms with Crippen LogP contribution in [0.4, 0.5) is 0 Å². The number of fused-ring (bicyclic) bond motifs is 1. The van der Waals surface area contributed by atoms with Crippen molar-refractivity contribution in [2.75, 3.05) is 32.7 Å². The summed E-state index contributed by atoms with van der Waals surface area (Å²) in [5, 5.41) is 0. The molecule has 3 amide bonds. The van der Waals surface area contributed by atoms with E-state index < -0.39 is 0 Å². The fraction of sp³-hybridized carbons (Fsp3) is 0.375. The molecule has 0 spiro atoms. The Morgan fingerprint density at radius 1 is 0.900 bits per heavy atom. The molecule has 0 radical (unpaired) electrons. The van der Waals surface area contributed by atoms with E-state index in [1.165, 1.54) is 10.5 Å². The molecule has 1 fully saturated rings. The molecule has 0 saturated carbocycles. The molecular formula is C24H27N3O3. The van der Waals surface area contributed by atoms with E-state index in [4.69, 9.17) is 0 Å². The summed E-state index contributed by atoms with van der Waals surface area (Å²) in [6, 6.07) is 15.2. The van der Waals surface area contributed by atoms with Crippen LogP contribution in [0.3, 0.4) is 0 Å². The van der Waals surface area contributed by atoms with Crippen LogP contribution in [0.2, 0.25) is 0 Å². The van der Waals surface area contributed by atoms with Crippen LogP contribution in [0.5, 0.6) is 0 Å². The molecule has 0 atom stereocenters. The molecular weight excluding hydrogens is 378 g/mol.